The van der Waals surface area contributed by atoms with Crippen molar-refractivity contribution < 1.29 is 0 Å². The van der Waals surface area contributed by atoms with Crippen LogP contribution >= 0.6 is 0 Å². The molecule has 1 aliphatic heterocycles. The number of rotatable bonds is 5. The van der Waals surface area contributed by atoms with Gasteiger partial charge in [-0.1, -0.05) is 19.9 Å². The van der Waals surface area contributed by atoms with E-state index in [1.165, 1.54) is 12.8 Å². The van der Waals surface area contributed by atoms with E-state index in [1.807, 2.05) is 37.0 Å². The minimum atomic E-state index is 0.730. The van der Waals surface area contributed by atoms with Crippen LogP contribution < -0.4 is 5.32 Å². The van der Waals surface area contributed by atoms with Gasteiger partial charge in [0.15, 0.2) is 5.96 Å². The normalized spacial score (nSPS) is 18.0. The molecule has 3 rings (SSSR count). The molecule has 1 atom stereocenters. The maximum absolute atomic E-state index is 4.56. The van der Waals surface area contributed by atoms with Gasteiger partial charge in [-0.2, -0.15) is 0 Å². The number of aryl methyl sites for hydroxylation is 1. The van der Waals surface area contributed by atoms with E-state index in [4.69, 9.17) is 0 Å². The Morgan fingerprint density at radius 3 is 2.81 bits per heavy atom. The Labute approximate surface area is 156 Å². The van der Waals surface area contributed by atoms with E-state index >= 15 is 0 Å². The van der Waals surface area contributed by atoms with Gasteiger partial charge in [-0.3, -0.25) is 9.56 Å². The van der Waals surface area contributed by atoms with E-state index in [2.05, 4.69) is 45.1 Å². The quantitative estimate of drug-likeness (QED) is 0.662. The third kappa shape index (κ3) is 4.42. The lowest BCUT2D eigenvalue weighted by molar-refractivity contribution is 0.403. The van der Waals surface area contributed by atoms with Crippen LogP contribution in [0.4, 0.5) is 0 Å². The van der Waals surface area contributed by atoms with E-state index in [0.29, 0.717) is 0 Å². The van der Waals surface area contributed by atoms with Gasteiger partial charge in [0.25, 0.3) is 0 Å². The first-order chi connectivity index (χ1) is 12.6. The van der Waals surface area contributed by atoms with Crippen LogP contribution in [0, 0.1) is 18.8 Å². The minimum Gasteiger partial charge on any atom is -0.352 e. The maximum atomic E-state index is 4.56. The molecule has 26 heavy (non-hydrogen) atoms. The summed E-state index contributed by atoms with van der Waals surface area (Å²) in [5, 5.41) is 3.48. The average Bonchev–Trinajstić information content (AvgIpc) is 3.25. The van der Waals surface area contributed by atoms with Gasteiger partial charge < -0.3 is 10.2 Å². The third-order valence-corrected chi connectivity index (χ3v) is 4.93. The Morgan fingerprint density at radius 2 is 2.19 bits per heavy atom. The van der Waals surface area contributed by atoms with Crippen LogP contribution in [0.5, 0.6) is 0 Å². The Bertz CT molecular complexity index is 731. The SMILES string of the molecule is CN=C(NCc1ccc(-n2ccnc2C)nc1)N1CCC(CC(C)C)C1. The first-order valence-corrected chi connectivity index (χ1v) is 9.47. The molecule has 0 saturated carbocycles. The molecule has 0 aromatic carbocycles. The zero-order valence-electron chi connectivity index (χ0n) is 16.3. The Balaban J connectivity index is 1.55. The number of aromatic nitrogens is 3. The largest absolute Gasteiger partial charge is 0.352 e. The van der Waals surface area contributed by atoms with Crippen molar-refractivity contribution in [2.75, 3.05) is 20.1 Å². The lowest BCUT2D eigenvalue weighted by atomic mass is 9.97. The van der Waals surface area contributed by atoms with E-state index in [-0.39, 0.29) is 0 Å². The summed E-state index contributed by atoms with van der Waals surface area (Å²) in [5.41, 5.74) is 1.14. The van der Waals surface area contributed by atoms with Crippen LogP contribution in [0.3, 0.4) is 0 Å². The van der Waals surface area contributed by atoms with E-state index in [0.717, 1.165) is 54.6 Å². The average molecular weight is 355 g/mol. The second-order valence-corrected chi connectivity index (χ2v) is 7.50. The number of nitrogens with one attached hydrogen (secondary N) is 1. The summed E-state index contributed by atoms with van der Waals surface area (Å²) in [6.07, 6.45) is 8.20. The smallest absolute Gasteiger partial charge is 0.193 e. The minimum absolute atomic E-state index is 0.730. The number of hydrogen-bond donors (Lipinski definition) is 1. The maximum Gasteiger partial charge on any atom is 0.193 e. The molecule has 1 N–H and O–H groups in total. The fourth-order valence-corrected chi connectivity index (χ4v) is 3.68. The van der Waals surface area contributed by atoms with Gasteiger partial charge in [0.05, 0.1) is 0 Å². The summed E-state index contributed by atoms with van der Waals surface area (Å²) in [4.78, 5) is 15.6. The van der Waals surface area contributed by atoms with Crippen LogP contribution in [-0.2, 0) is 6.54 Å². The monoisotopic (exact) mass is 354 g/mol. The molecule has 0 radical (unpaired) electrons. The van der Waals surface area contributed by atoms with Gasteiger partial charge in [0.2, 0.25) is 0 Å². The topological polar surface area (TPSA) is 58.3 Å². The van der Waals surface area contributed by atoms with Crippen LogP contribution in [0.2, 0.25) is 0 Å². The van der Waals surface area contributed by atoms with Crippen LogP contribution in [0.1, 0.15) is 38.1 Å². The highest BCUT2D eigenvalue weighted by Gasteiger charge is 2.25. The summed E-state index contributed by atoms with van der Waals surface area (Å²) in [7, 11) is 1.86. The number of aliphatic imine (C=N–C) groups is 1. The summed E-state index contributed by atoms with van der Waals surface area (Å²) >= 11 is 0. The predicted octanol–water partition coefficient (Wildman–Crippen LogP) is 3.02. The van der Waals surface area contributed by atoms with Crippen molar-refractivity contribution in [1.29, 1.82) is 0 Å². The number of nitrogens with zero attached hydrogens (tertiary/aromatic N) is 5. The van der Waals surface area contributed by atoms with Gasteiger partial charge in [-0.25, -0.2) is 9.97 Å². The first-order valence-electron chi connectivity index (χ1n) is 9.47. The van der Waals surface area contributed by atoms with Crippen molar-refractivity contribution in [2.24, 2.45) is 16.8 Å². The summed E-state index contributed by atoms with van der Waals surface area (Å²) in [6, 6.07) is 4.14. The number of hydrogen-bond acceptors (Lipinski definition) is 3. The molecule has 0 amide bonds. The Morgan fingerprint density at radius 1 is 1.35 bits per heavy atom. The third-order valence-electron chi connectivity index (χ3n) is 4.93. The summed E-state index contributed by atoms with van der Waals surface area (Å²) in [6.45, 7) is 9.51. The summed E-state index contributed by atoms with van der Waals surface area (Å²) in [5.74, 6) is 4.37. The number of imidazole rings is 1. The second-order valence-electron chi connectivity index (χ2n) is 7.50. The number of pyridine rings is 1. The predicted molar refractivity (Wildman–Crippen MR) is 105 cm³/mol. The standard InChI is InChI=1S/C20H30N6/c1-15(2)11-17-7-9-25(14-17)20(21-4)24-13-18-5-6-19(23-12-18)26-10-8-22-16(26)3/h5-6,8,10,12,15,17H,7,9,11,13-14H2,1-4H3,(H,21,24). The van der Waals surface area contributed by atoms with Crippen molar-refractivity contribution in [3.8, 4) is 5.82 Å². The molecule has 6 heteroatoms. The van der Waals surface area contributed by atoms with Gasteiger partial charge in [0.1, 0.15) is 11.6 Å². The molecule has 1 unspecified atom stereocenters. The summed E-state index contributed by atoms with van der Waals surface area (Å²) < 4.78 is 1.98. The fourth-order valence-electron chi connectivity index (χ4n) is 3.68. The van der Waals surface area contributed by atoms with Gasteiger partial charge in [-0.05, 0) is 43.2 Å². The van der Waals surface area contributed by atoms with Crippen molar-refractivity contribution in [2.45, 2.75) is 40.2 Å². The van der Waals surface area contributed by atoms with Crippen LogP contribution in [-0.4, -0.2) is 45.5 Å². The Kier molecular flexibility index (Phi) is 5.91. The number of guanidine groups is 1. The zero-order chi connectivity index (χ0) is 18.5. The van der Waals surface area contributed by atoms with Crippen molar-refractivity contribution >= 4 is 5.96 Å². The molecule has 3 heterocycles. The lowest BCUT2D eigenvalue weighted by Gasteiger charge is -2.22. The molecular formula is C20H30N6. The first kappa shape index (κ1) is 18.4. The molecule has 0 spiro atoms. The fraction of sp³-hybridized carbons (Fsp3) is 0.550. The number of likely N-dealkylation sites (tertiary alicyclic amines) is 1. The molecule has 2 aromatic heterocycles. The molecule has 2 aromatic rings. The Hall–Kier alpha value is -2.37. The van der Waals surface area contributed by atoms with Crippen molar-refractivity contribution in [1.82, 2.24) is 24.8 Å². The van der Waals surface area contributed by atoms with Gasteiger partial charge in [0, 0.05) is 45.3 Å². The zero-order valence-corrected chi connectivity index (χ0v) is 16.3. The van der Waals surface area contributed by atoms with E-state index in [1.54, 1.807) is 6.20 Å². The van der Waals surface area contributed by atoms with E-state index < -0.39 is 0 Å². The highest BCUT2D eigenvalue weighted by Crippen LogP contribution is 2.23. The molecule has 0 bridgehead atoms. The molecule has 6 nitrogen and oxygen atoms in total. The highest BCUT2D eigenvalue weighted by atomic mass is 15.3. The molecule has 1 fully saturated rings. The second kappa shape index (κ2) is 8.34. The lowest BCUT2D eigenvalue weighted by Crippen LogP contribution is -2.39. The van der Waals surface area contributed by atoms with E-state index in [9.17, 15) is 0 Å². The van der Waals surface area contributed by atoms with Crippen molar-refractivity contribution in [3.05, 3.63) is 42.1 Å². The molecule has 1 saturated heterocycles. The molecular weight excluding hydrogens is 324 g/mol. The van der Waals surface area contributed by atoms with Crippen molar-refractivity contribution in [3.63, 3.8) is 0 Å². The van der Waals surface area contributed by atoms with Crippen LogP contribution in [0.25, 0.3) is 5.82 Å². The highest BCUT2D eigenvalue weighted by molar-refractivity contribution is 5.80. The molecule has 0 aliphatic carbocycles. The van der Waals surface area contributed by atoms with Gasteiger partial charge >= 0.3 is 0 Å². The molecule has 1 aliphatic rings. The van der Waals surface area contributed by atoms with Crippen LogP contribution in [0.15, 0.2) is 35.7 Å². The molecule has 140 valence electrons. The van der Waals surface area contributed by atoms with Gasteiger partial charge in [-0.15, -0.1) is 0 Å².